The summed E-state index contributed by atoms with van der Waals surface area (Å²) in [5.74, 6) is -1.65. The number of hydrogen-bond acceptors (Lipinski definition) is 8. The van der Waals surface area contributed by atoms with Crippen LogP contribution in [0.2, 0.25) is 10.0 Å². The molecule has 0 fully saturated rings. The number of halogens is 2. The van der Waals surface area contributed by atoms with Gasteiger partial charge in [-0.25, -0.2) is 4.98 Å². The summed E-state index contributed by atoms with van der Waals surface area (Å²) in [6, 6.07) is 20.4. The van der Waals surface area contributed by atoms with Gasteiger partial charge in [-0.1, -0.05) is 59.6 Å². The van der Waals surface area contributed by atoms with Crippen LogP contribution in [0.15, 0.2) is 88.8 Å². The molecule has 3 aromatic carbocycles. The first-order chi connectivity index (χ1) is 21.2. The molecule has 0 unspecified atom stereocenters. The van der Waals surface area contributed by atoms with E-state index in [4.69, 9.17) is 27.9 Å². The SMILES string of the molecule is CCOC(=O)Cc1csc(NC(=O)CSc2cccc(NC(=O)/C(=C\c3cccc(Cl)c3Cl)NC(=O)c3ccccc3)c2)n1. The van der Waals surface area contributed by atoms with Crippen molar-refractivity contribution in [1.29, 1.82) is 0 Å². The maximum absolute atomic E-state index is 13.4. The molecule has 226 valence electrons. The van der Waals surface area contributed by atoms with Gasteiger partial charge in [0.2, 0.25) is 5.91 Å². The maximum Gasteiger partial charge on any atom is 0.311 e. The van der Waals surface area contributed by atoms with Crippen molar-refractivity contribution in [2.45, 2.75) is 18.2 Å². The third-order valence-electron chi connectivity index (χ3n) is 5.70. The summed E-state index contributed by atoms with van der Waals surface area (Å²) >= 11 is 15.0. The Morgan fingerprint density at radius 3 is 2.52 bits per heavy atom. The molecule has 9 nitrogen and oxygen atoms in total. The van der Waals surface area contributed by atoms with E-state index in [1.807, 2.05) is 0 Å². The molecule has 0 bridgehead atoms. The second-order valence-corrected chi connectivity index (χ2v) is 11.7. The molecule has 0 aliphatic rings. The lowest BCUT2D eigenvalue weighted by Crippen LogP contribution is -2.30. The van der Waals surface area contributed by atoms with Crippen molar-refractivity contribution in [2.24, 2.45) is 0 Å². The lowest BCUT2D eigenvalue weighted by molar-refractivity contribution is -0.142. The Kier molecular flexibility index (Phi) is 12.0. The minimum atomic E-state index is -0.590. The van der Waals surface area contributed by atoms with Gasteiger partial charge in [-0.15, -0.1) is 23.1 Å². The zero-order chi connectivity index (χ0) is 31.5. The zero-order valence-corrected chi connectivity index (χ0v) is 26.4. The van der Waals surface area contributed by atoms with Crippen LogP contribution in [0.4, 0.5) is 10.8 Å². The molecule has 4 aromatic rings. The van der Waals surface area contributed by atoms with Crippen molar-refractivity contribution >= 4 is 86.9 Å². The Bertz CT molecular complexity index is 1700. The van der Waals surface area contributed by atoms with E-state index in [0.29, 0.717) is 32.7 Å². The lowest BCUT2D eigenvalue weighted by atomic mass is 10.1. The highest BCUT2D eigenvalue weighted by Gasteiger charge is 2.17. The second-order valence-electron chi connectivity index (χ2n) is 8.97. The number of hydrogen-bond donors (Lipinski definition) is 3. The standard InChI is InChI=1S/C31H26Cl2N4O5S2/c1-2-42-27(39)16-22-17-44-31(35-22)37-26(38)18-43-23-12-7-11-21(15-23)34-30(41)25(14-20-10-6-13-24(32)28(20)33)36-29(40)19-8-4-3-5-9-19/h3-15,17H,2,16,18H2,1H3,(H,34,41)(H,36,40)(H,35,37,38)/b25-14+. The van der Waals surface area contributed by atoms with E-state index >= 15 is 0 Å². The quantitative estimate of drug-likeness (QED) is 0.0871. The molecule has 0 radical (unpaired) electrons. The predicted octanol–water partition coefficient (Wildman–Crippen LogP) is 6.70. The lowest BCUT2D eigenvalue weighted by Gasteiger charge is -2.13. The Morgan fingerprint density at radius 1 is 0.977 bits per heavy atom. The first-order valence-corrected chi connectivity index (χ1v) is 15.8. The van der Waals surface area contributed by atoms with Crippen LogP contribution in [0.1, 0.15) is 28.5 Å². The van der Waals surface area contributed by atoms with Crippen LogP contribution in [0.25, 0.3) is 6.08 Å². The van der Waals surface area contributed by atoms with Gasteiger partial charge >= 0.3 is 5.97 Å². The summed E-state index contributed by atoms with van der Waals surface area (Å²) in [6.07, 6.45) is 1.48. The number of carbonyl (C=O) groups is 4. The van der Waals surface area contributed by atoms with Crippen molar-refractivity contribution in [3.8, 4) is 0 Å². The Balaban J connectivity index is 1.41. The molecule has 44 heavy (non-hydrogen) atoms. The van der Waals surface area contributed by atoms with Crippen LogP contribution in [0.5, 0.6) is 0 Å². The minimum Gasteiger partial charge on any atom is -0.466 e. The summed E-state index contributed by atoms with van der Waals surface area (Å²) < 4.78 is 4.92. The van der Waals surface area contributed by atoms with Gasteiger partial charge in [0, 0.05) is 21.5 Å². The number of amides is 3. The van der Waals surface area contributed by atoms with E-state index < -0.39 is 11.8 Å². The highest BCUT2D eigenvalue weighted by atomic mass is 35.5. The first kappa shape index (κ1) is 32.7. The van der Waals surface area contributed by atoms with Gasteiger partial charge in [-0.3, -0.25) is 19.2 Å². The van der Waals surface area contributed by atoms with Gasteiger partial charge in [0.15, 0.2) is 5.13 Å². The van der Waals surface area contributed by atoms with Crippen molar-refractivity contribution in [3.63, 3.8) is 0 Å². The van der Waals surface area contributed by atoms with Crippen molar-refractivity contribution in [3.05, 3.63) is 111 Å². The summed E-state index contributed by atoms with van der Waals surface area (Å²) in [4.78, 5) is 55.4. The van der Waals surface area contributed by atoms with E-state index in [1.54, 1.807) is 85.1 Å². The summed E-state index contributed by atoms with van der Waals surface area (Å²) in [5, 5.41) is 10.8. The van der Waals surface area contributed by atoms with Crippen molar-refractivity contribution in [2.75, 3.05) is 23.0 Å². The predicted molar refractivity (Wildman–Crippen MR) is 175 cm³/mol. The van der Waals surface area contributed by atoms with E-state index in [9.17, 15) is 19.2 Å². The van der Waals surface area contributed by atoms with Crippen LogP contribution < -0.4 is 16.0 Å². The number of aromatic nitrogens is 1. The molecular weight excluding hydrogens is 643 g/mol. The molecule has 3 N–H and O–H groups in total. The van der Waals surface area contributed by atoms with Crippen molar-refractivity contribution in [1.82, 2.24) is 10.3 Å². The fourth-order valence-corrected chi connectivity index (χ4v) is 5.55. The van der Waals surface area contributed by atoms with E-state index in [2.05, 4.69) is 20.9 Å². The number of nitrogens with zero attached hydrogens (tertiary/aromatic N) is 1. The largest absolute Gasteiger partial charge is 0.466 e. The number of esters is 1. The third kappa shape index (κ3) is 9.68. The van der Waals surface area contributed by atoms with Crippen LogP contribution >= 0.6 is 46.3 Å². The summed E-state index contributed by atoms with van der Waals surface area (Å²) in [5.41, 5.74) is 1.73. The molecule has 0 aliphatic carbocycles. The maximum atomic E-state index is 13.4. The van der Waals surface area contributed by atoms with Gasteiger partial charge in [0.1, 0.15) is 5.70 Å². The molecule has 0 saturated heterocycles. The normalized spacial score (nSPS) is 11.0. The Morgan fingerprint density at radius 2 is 1.75 bits per heavy atom. The number of thiazole rings is 1. The minimum absolute atomic E-state index is 0.0342. The second kappa shape index (κ2) is 16.1. The summed E-state index contributed by atoms with van der Waals surface area (Å²) in [7, 11) is 0. The third-order valence-corrected chi connectivity index (χ3v) is 8.33. The molecule has 13 heteroatoms. The number of anilines is 2. The van der Waals surface area contributed by atoms with Gasteiger partial charge in [0.05, 0.1) is 34.5 Å². The molecule has 1 heterocycles. The van der Waals surface area contributed by atoms with Crippen LogP contribution in [0.3, 0.4) is 0 Å². The molecule has 4 rings (SSSR count). The van der Waals surface area contributed by atoms with Gasteiger partial charge in [-0.05, 0) is 55.0 Å². The zero-order valence-electron chi connectivity index (χ0n) is 23.3. The molecule has 0 atom stereocenters. The number of benzene rings is 3. The number of carbonyl (C=O) groups excluding carboxylic acids is 4. The number of ether oxygens (including phenoxy) is 1. The average molecular weight is 670 g/mol. The Labute approximate surface area is 272 Å². The average Bonchev–Trinajstić information content (AvgIpc) is 3.44. The van der Waals surface area contributed by atoms with Crippen LogP contribution in [-0.2, 0) is 25.5 Å². The smallest absolute Gasteiger partial charge is 0.311 e. The molecule has 0 saturated carbocycles. The highest BCUT2D eigenvalue weighted by Crippen LogP contribution is 2.28. The molecule has 0 aliphatic heterocycles. The number of rotatable bonds is 12. The molecule has 3 amide bonds. The fourth-order valence-electron chi connectivity index (χ4n) is 3.70. The number of thioether (sulfide) groups is 1. The van der Waals surface area contributed by atoms with E-state index in [0.717, 1.165) is 4.90 Å². The molecule has 0 spiro atoms. The van der Waals surface area contributed by atoms with Crippen LogP contribution in [-0.4, -0.2) is 41.0 Å². The highest BCUT2D eigenvalue weighted by molar-refractivity contribution is 8.00. The number of nitrogens with one attached hydrogen (secondary N) is 3. The van der Waals surface area contributed by atoms with Crippen LogP contribution in [0, 0.1) is 0 Å². The van der Waals surface area contributed by atoms with E-state index in [1.165, 1.54) is 29.2 Å². The fraction of sp³-hybridized carbons (Fsp3) is 0.129. The topological polar surface area (TPSA) is 126 Å². The van der Waals surface area contributed by atoms with Gasteiger partial charge < -0.3 is 20.7 Å². The summed E-state index contributed by atoms with van der Waals surface area (Å²) in [6.45, 7) is 2.01. The van der Waals surface area contributed by atoms with Gasteiger partial charge in [0.25, 0.3) is 11.8 Å². The Hall–Kier alpha value is -4.16. The van der Waals surface area contributed by atoms with E-state index in [-0.39, 0.29) is 41.4 Å². The monoisotopic (exact) mass is 668 g/mol. The first-order valence-electron chi connectivity index (χ1n) is 13.2. The molecular formula is C31H26Cl2N4O5S2. The van der Waals surface area contributed by atoms with Crippen molar-refractivity contribution < 1.29 is 23.9 Å². The van der Waals surface area contributed by atoms with Gasteiger partial charge in [-0.2, -0.15) is 0 Å². The molecule has 1 aromatic heterocycles.